The van der Waals surface area contributed by atoms with E-state index in [2.05, 4.69) is 5.32 Å². The Labute approximate surface area is 171 Å². The molecule has 1 aromatic heterocycles. The average Bonchev–Trinajstić information content (AvgIpc) is 3.16. The Morgan fingerprint density at radius 1 is 1.14 bits per heavy atom. The largest absolute Gasteiger partial charge is 0.321 e. The van der Waals surface area contributed by atoms with Gasteiger partial charge in [-0.15, -0.1) is 11.3 Å². The zero-order chi connectivity index (χ0) is 20.5. The number of carbonyl (C=O) groups excluding carboxylic acids is 1. The van der Waals surface area contributed by atoms with Crippen molar-refractivity contribution in [2.45, 2.75) is 11.8 Å². The van der Waals surface area contributed by atoms with E-state index in [4.69, 9.17) is 11.6 Å². The third-order valence-electron chi connectivity index (χ3n) is 4.05. The number of sulfonamides is 1. The van der Waals surface area contributed by atoms with Gasteiger partial charge in [-0.05, 0) is 48.7 Å². The van der Waals surface area contributed by atoms with Gasteiger partial charge in [-0.1, -0.05) is 29.3 Å². The molecule has 0 bridgehead atoms. The molecule has 146 valence electrons. The van der Waals surface area contributed by atoms with Crippen LogP contribution in [0.2, 0.25) is 5.02 Å². The lowest BCUT2D eigenvalue weighted by molar-refractivity contribution is 0.102. The number of hydrogen-bond donors (Lipinski definition) is 1. The molecular formula is C19H16ClFN2O3S2. The Bertz CT molecular complexity index is 1130. The molecule has 3 rings (SSSR count). The van der Waals surface area contributed by atoms with Gasteiger partial charge >= 0.3 is 0 Å². The van der Waals surface area contributed by atoms with Crippen LogP contribution in [-0.2, 0) is 10.0 Å². The molecule has 1 N–H and O–H groups in total. The SMILES string of the molecule is Cc1ccc(N(C)S(=O)(=O)c2ccsc2C(=O)Nc2ccc(F)c(Cl)c2)cc1. The molecule has 0 fully saturated rings. The van der Waals surface area contributed by atoms with Gasteiger partial charge in [-0.25, -0.2) is 12.8 Å². The normalized spacial score (nSPS) is 11.3. The van der Waals surface area contributed by atoms with Crippen LogP contribution in [0.25, 0.3) is 0 Å². The van der Waals surface area contributed by atoms with Crippen molar-refractivity contribution in [3.05, 3.63) is 75.2 Å². The minimum Gasteiger partial charge on any atom is -0.321 e. The van der Waals surface area contributed by atoms with Gasteiger partial charge in [-0.3, -0.25) is 9.10 Å². The van der Waals surface area contributed by atoms with Gasteiger partial charge in [0, 0.05) is 12.7 Å². The summed E-state index contributed by atoms with van der Waals surface area (Å²) in [4.78, 5) is 12.5. The lowest BCUT2D eigenvalue weighted by atomic mass is 10.2. The molecule has 0 atom stereocenters. The van der Waals surface area contributed by atoms with Crippen molar-refractivity contribution >= 4 is 50.2 Å². The maximum absolute atomic E-state index is 13.3. The maximum atomic E-state index is 13.3. The molecule has 0 saturated carbocycles. The second kappa shape index (κ2) is 7.90. The van der Waals surface area contributed by atoms with E-state index in [9.17, 15) is 17.6 Å². The van der Waals surface area contributed by atoms with E-state index in [0.29, 0.717) is 5.69 Å². The summed E-state index contributed by atoms with van der Waals surface area (Å²) in [7, 11) is -2.52. The second-order valence-corrected chi connectivity index (χ2v) is 9.27. The number of carbonyl (C=O) groups is 1. The Morgan fingerprint density at radius 2 is 1.82 bits per heavy atom. The molecule has 0 aliphatic heterocycles. The first-order valence-electron chi connectivity index (χ1n) is 8.09. The van der Waals surface area contributed by atoms with E-state index >= 15 is 0 Å². The van der Waals surface area contributed by atoms with Crippen molar-refractivity contribution in [3.8, 4) is 0 Å². The first-order valence-corrected chi connectivity index (χ1v) is 10.8. The molecule has 0 aliphatic carbocycles. The number of aryl methyl sites for hydroxylation is 1. The molecule has 28 heavy (non-hydrogen) atoms. The highest BCUT2D eigenvalue weighted by Crippen LogP contribution is 2.29. The molecule has 1 amide bonds. The highest BCUT2D eigenvalue weighted by Gasteiger charge is 2.28. The number of nitrogens with zero attached hydrogens (tertiary/aromatic N) is 1. The van der Waals surface area contributed by atoms with Gasteiger partial charge in [0.15, 0.2) is 0 Å². The number of hydrogen-bond acceptors (Lipinski definition) is 4. The smallest absolute Gasteiger partial charge is 0.267 e. The number of benzene rings is 2. The summed E-state index contributed by atoms with van der Waals surface area (Å²) in [6.07, 6.45) is 0. The molecule has 0 aliphatic rings. The van der Waals surface area contributed by atoms with Gasteiger partial charge < -0.3 is 5.32 Å². The van der Waals surface area contributed by atoms with Crippen molar-refractivity contribution in [2.24, 2.45) is 0 Å². The summed E-state index contributed by atoms with van der Waals surface area (Å²) in [5.74, 6) is -1.23. The second-order valence-electron chi connectivity index (χ2n) is 6.01. The third kappa shape index (κ3) is 4.04. The summed E-state index contributed by atoms with van der Waals surface area (Å²) >= 11 is 6.72. The lowest BCUT2D eigenvalue weighted by Crippen LogP contribution is -2.28. The first kappa shape index (κ1) is 20.3. The summed E-state index contributed by atoms with van der Waals surface area (Å²) < 4.78 is 40.5. The highest BCUT2D eigenvalue weighted by atomic mass is 35.5. The molecule has 5 nitrogen and oxygen atoms in total. The Hall–Kier alpha value is -2.42. The van der Waals surface area contributed by atoms with Crippen LogP contribution < -0.4 is 9.62 Å². The van der Waals surface area contributed by atoms with E-state index in [0.717, 1.165) is 27.3 Å². The van der Waals surface area contributed by atoms with Crippen LogP contribution in [-0.4, -0.2) is 21.4 Å². The van der Waals surface area contributed by atoms with Crippen LogP contribution in [0.1, 0.15) is 15.2 Å². The minimum absolute atomic E-state index is 0.0272. The molecular weight excluding hydrogens is 423 g/mol. The third-order valence-corrected chi connectivity index (χ3v) is 7.21. The molecule has 0 spiro atoms. The van der Waals surface area contributed by atoms with Crippen molar-refractivity contribution < 1.29 is 17.6 Å². The van der Waals surface area contributed by atoms with Crippen LogP contribution in [0.4, 0.5) is 15.8 Å². The average molecular weight is 439 g/mol. The molecule has 0 saturated heterocycles. The van der Waals surface area contributed by atoms with Crippen molar-refractivity contribution in [2.75, 3.05) is 16.7 Å². The van der Waals surface area contributed by atoms with Gasteiger partial charge in [0.2, 0.25) is 0 Å². The zero-order valence-electron chi connectivity index (χ0n) is 14.9. The number of thiophene rings is 1. The van der Waals surface area contributed by atoms with Gasteiger partial charge in [-0.2, -0.15) is 0 Å². The zero-order valence-corrected chi connectivity index (χ0v) is 17.3. The molecule has 0 unspecified atom stereocenters. The van der Waals surface area contributed by atoms with Gasteiger partial charge in [0.1, 0.15) is 15.6 Å². The minimum atomic E-state index is -3.95. The number of rotatable bonds is 5. The van der Waals surface area contributed by atoms with Crippen LogP contribution in [0.15, 0.2) is 58.8 Å². The Kier molecular flexibility index (Phi) is 5.74. The summed E-state index contributed by atoms with van der Waals surface area (Å²) in [5.41, 5.74) is 1.75. The molecule has 0 radical (unpaired) electrons. The van der Waals surface area contributed by atoms with Crippen LogP contribution in [0.3, 0.4) is 0 Å². The topological polar surface area (TPSA) is 66.5 Å². The van der Waals surface area contributed by atoms with Gasteiger partial charge in [0.05, 0.1) is 10.7 Å². The first-order chi connectivity index (χ1) is 13.2. The number of halogens is 2. The molecule has 2 aromatic carbocycles. The number of amides is 1. The van der Waals surface area contributed by atoms with E-state index < -0.39 is 21.7 Å². The summed E-state index contributed by atoms with van der Waals surface area (Å²) in [6.45, 7) is 1.90. The fourth-order valence-electron chi connectivity index (χ4n) is 2.47. The highest BCUT2D eigenvalue weighted by molar-refractivity contribution is 7.93. The predicted molar refractivity (Wildman–Crippen MR) is 110 cm³/mol. The lowest BCUT2D eigenvalue weighted by Gasteiger charge is -2.19. The standard InChI is InChI=1S/C19H16ClFN2O3S2/c1-12-3-6-14(7-4-12)23(2)28(25,26)17-9-10-27-18(17)19(24)22-13-5-8-16(21)15(20)11-13/h3-11H,1-2H3,(H,22,24). The fourth-order valence-corrected chi connectivity index (χ4v) is 5.14. The predicted octanol–water partition coefficient (Wildman–Crippen LogP) is 4.93. The fraction of sp³-hybridized carbons (Fsp3) is 0.105. The Morgan fingerprint density at radius 3 is 2.46 bits per heavy atom. The van der Waals surface area contributed by atoms with Crippen LogP contribution in [0.5, 0.6) is 0 Å². The van der Waals surface area contributed by atoms with E-state index in [1.54, 1.807) is 24.3 Å². The van der Waals surface area contributed by atoms with Gasteiger partial charge in [0.25, 0.3) is 15.9 Å². The monoisotopic (exact) mass is 438 g/mol. The van der Waals surface area contributed by atoms with E-state index in [-0.39, 0.29) is 20.5 Å². The summed E-state index contributed by atoms with van der Waals surface area (Å²) in [5, 5.41) is 3.94. The van der Waals surface area contributed by atoms with Crippen molar-refractivity contribution in [1.29, 1.82) is 0 Å². The summed E-state index contributed by atoms with van der Waals surface area (Å²) in [6, 6.07) is 12.1. The number of anilines is 2. The quantitative estimate of drug-likeness (QED) is 0.614. The molecule has 9 heteroatoms. The maximum Gasteiger partial charge on any atom is 0.267 e. The van der Waals surface area contributed by atoms with Crippen molar-refractivity contribution in [1.82, 2.24) is 0 Å². The molecule has 3 aromatic rings. The van der Waals surface area contributed by atoms with Crippen LogP contribution in [0, 0.1) is 12.7 Å². The molecule has 1 heterocycles. The van der Waals surface area contributed by atoms with Crippen molar-refractivity contribution in [3.63, 3.8) is 0 Å². The van der Waals surface area contributed by atoms with Crippen LogP contribution >= 0.6 is 22.9 Å². The number of nitrogens with one attached hydrogen (secondary N) is 1. The van der Waals surface area contributed by atoms with E-state index in [1.807, 2.05) is 6.92 Å². The van der Waals surface area contributed by atoms with E-state index in [1.165, 1.54) is 30.6 Å². The Balaban J connectivity index is 1.90.